The van der Waals surface area contributed by atoms with Crippen LogP contribution in [0.25, 0.3) is 0 Å². The molecule has 0 bridgehead atoms. The van der Waals surface area contributed by atoms with Crippen LogP contribution in [0.4, 0.5) is 10.2 Å². The second-order valence-electron chi connectivity index (χ2n) is 6.84. The molecular formula is C17H25FN4O7. The summed E-state index contributed by atoms with van der Waals surface area (Å²) in [5, 5.41) is 30.2. The first-order valence-corrected chi connectivity index (χ1v) is 9.27. The molecule has 0 spiro atoms. The van der Waals surface area contributed by atoms with E-state index in [9.17, 15) is 29.0 Å². The molecule has 1 aliphatic heterocycles. The Bertz CT molecular complexity index is 788. The van der Waals surface area contributed by atoms with Crippen molar-refractivity contribution in [2.75, 3.05) is 5.32 Å². The van der Waals surface area contributed by atoms with Crippen LogP contribution in [0.15, 0.2) is 11.0 Å². The Balaban J connectivity index is 1.87. The Morgan fingerprint density at radius 1 is 1.17 bits per heavy atom. The lowest BCUT2D eigenvalue weighted by atomic mass is 10.1. The fourth-order valence-corrected chi connectivity index (χ4v) is 2.95. The first kappa shape index (κ1) is 22.9. The van der Waals surface area contributed by atoms with Gasteiger partial charge in [-0.15, -0.1) is 0 Å². The van der Waals surface area contributed by atoms with E-state index in [0.717, 1.165) is 10.8 Å². The highest BCUT2D eigenvalue weighted by Crippen LogP contribution is 2.28. The molecule has 1 saturated heterocycles. The topological polar surface area (TPSA) is 163 Å². The SMILES string of the molecule is C[C@H]1O[C@@H](n2cc(F)c(NC(=O)CCCCCCC(=O)NO)nc2=O)[C@H](O)[C@@H]1O. The number of carbonyl (C=O) groups is 2. The normalized spacial score (nSPS) is 23.8. The van der Waals surface area contributed by atoms with Gasteiger partial charge in [-0.1, -0.05) is 12.8 Å². The third-order valence-corrected chi connectivity index (χ3v) is 4.60. The third kappa shape index (κ3) is 6.03. The summed E-state index contributed by atoms with van der Waals surface area (Å²) in [5.41, 5.74) is 0.583. The number of nitrogens with zero attached hydrogens (tertiary/aromatic N) is 2. The number of nitrogens with one attached hydrogen (secondary N) is 2. The van der Waals surface area contributed by atoms with Gasteiger partial charge in [-0.25, -0.2) is 14.7 Å². The van der Waals surface area contributed by atoms with Crippen molar-refractivity contribution in [3.05, 3.63) is 22.5 Å². The second-order valence-corrected chi connectivity index (χ2v) is 6.84. The van der Waals surface area contributed by atoms with E-state index in [1.807, 2.05) is 0 Å². The summed E-state index contributed by atoms with van der Waals surface area (Å²) >= 11 is 0. The van der Waals surface area contributed by atoms with Crippen molar-refractivity contribution in [2.45, 2.75) is 70.0 Å². The molecule has 2 rings (SSSR count). The lowest BCUT2D eigenvalue weighted by molar-refractivity contribution is -0.129. The third-order valence-electron chi connectivity index (χ3n) is 4.60. The fraction of sp³-hybridized carbons (Fsp3) is 0.647. The summed E-state index contributed by atoms with van der Waals surface area (Å²) in [5.74, 6) is -2.52. The number of aromatic nitrogens is 2. The zero-order valence-corrected chi connectivity index (χ0v) is 15.9. The molecule has 0 radical (unpaired) electrons. The minimum atomic E-state index is -1.42. The van der Waals surface area contributed by atoms with Crippen molar-refractivity contribution in [1.29, 1.82) is 0 Å². The molecule has 0 aromatic carbocycles. The number of hydrogen-bond acceptors (Lipinski definition) is 8. The Hall–Kier alpha value is -2.41. The summed E-state index contributed by atoms with van der Waals surface area (Å²) in [6, 6.07) is 0. The second kappa shape index (κ2) is 10.4. The number of ether oxygens (including phenoxy) is 1. The van der Waals surface area contributed by atoms with Crippen LogP contribution in [0.5, 0.6) is 0 Å². The molecular weight excluding hydrogens is 391 g/mol. The van der Waals surface area contributed by atoms with Crippen LogP contribution in [0.2, 0.25) is 0 Å². The number of rotatable bonds is 9. The molecule has 1 aromatic heterocycles. The smallest absolute Gasteiger partial charge is 0.351 e. The largest absolute Gasteiger partial charge is 0.388 e. The van der Waals surface area contributed by atoms with Crippen molar-refractivity contribution >= 4 is 17.6 Å². The van der Waals surface area contributed by atoms with E-state index in [0.29, 0.717) is 25.7 Å². The molecule has 1 aliphatic rings. The molecule has 1 aromatic rings. The van der Waals surface area contributed by atoms with E-state index >= 15 is 0 Å². The van der Waals surface area contributed by atoms with Crippen LogP contribution in [0, 0.1) is 5.82 Å². The van der Waals surface area contributed by atoms with Gasteiger partial charge in [-0.3, -0.25) is 19.4 Å². The number of halogens is 1. The zero-order valence-electron chi connectivity index (χ0n) is 15.9. The van der Waals surface area contributed by atoms with Gasteiger partial charge in [0.2, 0.25) is 11.8 Å². The van der Waals surface area contributed by atoms with Crippen molar-refractivity contribution in [1.82, 2.24) is 15.0 Å². The van der Waals surface area contributed by atoms with E-state index in [1.54, 1.807) is 0 Å². The zero-order chi connectivity index (χ0) is 21.6. The maximum atomic E-state index is 14.3. The van der Waals surface area contributed by atoms with Crippen molar-refractivity contribution in [2.24, 2.45) is 0 Å². The standard InChI is InChI=1S/C17H25FN4O7/c1-9-13(25)14(26)16(29-9)22-8-10(18)15(20-17(22)27)19-11(23)6-4-2-3-5-7-12(24)21-28/h8-9,13-14,16,25-26,28H,2-7H2,1H3,(H,21,24)(H,19,20,23,27)/t9-,13-,14-,16-/m1/s1. The highest BCUT2D eigenvalue weighted by atomic mass is 19.1. The number of unbranched alkanes of at least 4 members (excludes halogenated alkanes) is 3. The van der Waals surface area contributed by atoms with Gasteiger partial charge in [0.05, 0.1) is 12.3 Å². The molecule has 162 valence electrons. The Morgan fingerprint density at radius 3 is 2.34 bits per heavy atom. The Morgan fingerprint density at radius 2 is 1.79 bits per heavy atom. The lowest BCUT2D eigenvalue weighted by Crippen LogP contribution is -2.36. The van der Waals surface area contributed by atoms with Gasteiger partial charge in [0.15, 0.2) is 17.9 Å². The van der Waals surface area contributed by atoms with Crippen molar-refractivity contribution in [3.63, 3.8) is 0 Å². The van der Waals surface area contributed by atoms with Crippen molar-refractivity contribution in [3.8, 4) is 0 Å². The predicted octanol–water partition coefficient (Wildman–Crippen LogP) is -0.194. The molecule has 29 heavy (non-hydrogen) atoms. The van der Waals surface area contributed by atoms with Gasteiger partial charge < -0.3 is 20.3 Å². The molecule has 2 amide bonds. The summed E-state index contributed by atoms with van der Waals surface area (Å²) in [7, 11) is 0. The number of hydrogen-bond donors (Lipinski definition) is 5. The summed E-state index contributed by atoms with van der Waals surface area (Å²) < 4.78 is 20.3. The summed E-state index contributed by atoms with van der Waals surface area (Å²) in [6.45, 7) is 1.50. The molecule has 1 fully saturated rings. The molecule has 0 unspecified atom stereocenters. The first-order chi connectivity index (χ1) is 13.7. The minimum Gasteiger partial charge on any atom is -0.388 e. The maximum absolute atomic E-state index is 14.3. The molecule has 5 N–H and O–H groups in total. The van der Waals surface area contributed by atoms with Gasteiger partial charge in [0.25, 0.3) is 0 Å². The van der Waals surface area contributed by atoms with Crippen LogP contribution in [-0.2, 0) is 14.3 Å². The van der Waals surface area contributed by atoms with Crippen molar-refractivity contribution < 1.29 is 34.1 Å². The van der Waals surface area contributed by atoms with Gasteiger partial charge in [-0.2, -0.15) is 4.98 Å². The summed E-state index contributed by atoms with van der Waals surface area (Å²) in [4.78, 5) is 38.4. The fourth-order valence-electron chi connectivity index (χ4n) is 2.95. The number of aliphatic hydroxyl groups is 2. The summed E-state index contributed by atoms with van der Waals surface area (Å²) in [6.07, 6.45) is -1.29. The maximum Gasteiger partial charge on any atom is 0.351 e. The molecule has 2 heterocycles. The van der Waals surface area contributed by atoms with Crippen LogP contribution >= 0.6 is 0 Å². The average Bonchev–Trinajstić information content (AvgIpc) is 2.94. The van der Waals surface area contributed by atoms with Gasteiger partial charge in [0, 0.05) is 12.8 Å². The van der Waals surface area contributed by atoms with Crippen LogP contribution < -0.4 is 16.5 Å². The van der Waals surface area contributed by atoms with E-state index in [-0.39, 0.29) is 12.8 Å². The number of aliphatic hydroxyl groups excluding tert-OH is 2. The van der Waals surface area contributed by atoms with E-state index in [4.69, 9.17) is 9.94 Å². The van der Waals surface area contributed by atoms with Gasteiger partial charge in [-0.05, 0) is 19.8 Å². The molecule has 0 saturated carbocycles. The van der Waals surface area contributed by atoms with Gasteiger partial charge in [0.1, 0.15) is 12.2 Å². The molecule has 12 heteroatoms. The van der Waals surface area contributed by atoms with Gasteiger partial charge >= 0.3 is 5.69 Å². The molecule has 0 aliphatic carbocycles. The highest BCUT2D eigenvalue weighted by molar-refractivity contribution is 5.89. The monoisotopic (exact) mass is 416 g/mol. The first-order valence-electron chi connectivity index (χ1n) is 9.27. The number of amides is 2. The number of hydroxylamine groups is 1. The van der Waals surface area contributed by atoms with Crippen LogP contribution in [-0.4, -0.2) is 55.1 Å². The van der Waals surface area contributed by atoms with Crippen LogP contribution in [0.1, 0.15) is 51.7 Å². The molecule has 11 nitrogen and oxygen atoms in total. The number of anilines is 1. The average molecular weight is 416 g/mol. The predicted molar refractivity (Wildman–Crippen MR) is 96.3 cm³/mol. The van der Waals surface area contributed by atoms with E-state index < -0.39 is 53.7 Å². The Kier molecular flexibility index (Phi) is 8.20. The highest BCUT2D eigenvalue weighted by Gasteiger charge is 2.42. The Labute approximate surface area is 165 Å². The number of carbonyl (C=O) groups excluding carboxylic acids is 2. The molecule has 4 atom stereocenters. The minimum absolute atomic E-state index is 0.0740. The van der Waals surface area contributed by atoms with Crippen LogP contribution in [0.3, 0.4) is 0 Å². The van der Waals surface area contributed by atoms with E-state index in [1.165, 1.54) is 12.4 Å². The lowest BCUT2D eigenvalue weighted by Gasteiger charge is -2.17. The quantitative estimate of drug-likeness (QED) is 0.210. The van der Waals surface area contributed by atoms with E-state index in [2.05, 4.69) is 10.3 Å².